The van der Waals surface area contributed by atoms with Crippen LogP contribution in [0.1, 0.15) is 80.1 Å². The SMILES string of the molecule is CCOC(C)OC(C)(C)C#CC[C@H](C)[C@H]1CC[C@@H]2C(O)CCC[C@@]21C. The highest BCUT2D eigenvalue weighted by Gasteiger charge is 2.51. The second-order valence-electron chi connectivity index (χ2n) is 8.89. The van der Waals surface area contributed by atoms with Gasteiger partial charge in [0.2, 0.25) is 0 Å². The van der Waals surface area contributed by atoms with Gasteiger partial charge in [-0.1, -0.05) is 32.1 Å². The zero-order valence-electron chi connectivity index (χ0n) is 17.1. The molecule has 0 heterocycles. The van der Waals surface area contributed by atoms with Crippen LogP contribution in [0.4, 0.5) is 0 Å². The minimum absolute atomic E-state index is 0.0885. The molecule has 0 radical (unpaired) electrons. The predicted molar refractivity (Wildman–Crippen MR) is 102 cm³/mol. The topological polar surface area (TPSA) is 38.7 Å². The van der Waals surface area contributed by atoms with Gasteiger partial charge >= 0.3 is 0 Å². The van der Waals surface area contributed by atoms with Gasteiger partial charge in [-0.05, 0) is 76.5 Å². The second-order valence-corrected chi connectivity index (χ2v) is 8.89. The molecule has 2 fully saturated rings. The van der Waals surface area contributed by atoms with Crippen LogP contribution < -0.4 is 0 Å². The van der Waals surface area contributed by atoms with Crippen molar-refractivity contribution in [3.05, 3.63) is 0 Å². The fourth-order valence-electron chi connectivity index (χ4n) is 5.40. The maximum absolute atomic E-state index is 10.4. The third-order valence-electron chi connectivity index (χ3n) is 6.52. The van der Waals surface area contributed by atoms with E-state index in [0.717, 1.165) is 12.8 Å². The van der Waals surface area contributed by atoms with Crippen molar-refractivity contribution in [2.45, 2.75) is 98.1 Å². The summed E-state index contributed by atoms with van der Waals surface area (Å²) in [6.45, 7) is 13.3. The van der Waals surface area contributed by atoms with E-state index < -0.39 is 5.60 Å². The van der Waals surface area contributed by atoms with Crippen molar-refractivity contribution < 1.29 is 14.6 Å². The van der Waals surface area contributed by atoms with Gasteiger partial charge < -0.3 is 14.6 Å². The molecule has 0 aliphatic heterocycles. The van der Waals surface area contributed by atoms with Crippen molar-refractivity contribution in [1.29, 1.82) is 0 Å². The van der Waals surface area contributed by atoms with E-state index >= 15 is 0 Å². The number of aliphatic hydroxyl groups excluding tert-OH is 1. The monoisotopic (exact) mass is 350 g/mol. The van der Waals surface area contributed by atoms with Crippen LogP contribution >= 0.6 is 0 Å². The molecular weight excluding hydrogens is 312 g/mol. The Morgan fingerprint density at radius 3 is 2.64 bits per heavy atom. The molecule has 3 nitrogen and oxygen atoms in total. The van der Waals surface area contributed by atoms with Gasteiger partial charge in [-0.3, -0.25) is 0 Å². The number of rotatable bonds is 6. The molecule has 3 heteroatoms. The van der Waals surface area contributed by atoms with Crippen LogP contribution in [0, 0.1) is 35.0 Å². The van der Waals surface area contributed by atoms with Crippen LogP contribution in [0.3, 0.4) is 0 Å². The van der Waals surface area contributed by atoms with Gasteiger partial charge in [0.15, 0.2) is 6.29 Å². The molecule has 2 unspecified atom stereocenters. The van der Waals surface area contributed by atoms with Crippen molar-refractivity contribution in [3.63, 3.8) is 0 Å². The number of ether oxygens (including phenoxy) is 2. The first-order valence-corrected chi connectivity index (χ1v) is 10.2. The molecule has 0 saturated heterocycles. The van der Waals surface area contributed by atoms with Crippen LogP contribution in [0.2, 0.25) is 0 Å². The molecule has 0 aromatic carbocycles. The Morgan fingerprint density at radius 1 is 1.24 bits per heavy atom. The molecule has 144 valence electrons. The van der Waals surface area contributed by atoms with Crippen molar-refractivity contribution >= 4 is 0 Å². The quantitative estimate of drug-likeness (QED) is 0.554. The molecule has 0 amide bonds. The van der Waals surface area contributed by atoms with Gasteiger partial charge in [0, 0.05) is 13.0 Å². The third kappa shape index (κ3) is 5.00. The lowest BCUT2D eigenvalue weighted by Crippen LogP contribution is -2.41. The highest BCUT2D eigenvalue weighted by Crippen LogP contribution is 2.58. The zero-order chi connectivity index (χ0) is 18.7. The summed E-state index contributed by atoms with van der Waals surface area (Å²) in [6, 6.07) is 0. The van der Waals surface area contributed by atoms with E-state index in [4.69, 9.17) is 9.47 Å². The zero-order valence-corrected chi connectivity index (χ0v) is 17.1. The first-order valence-electron chi connectivity index (χ1n) is 10.2. The Balaban J connectivity index is 1.93. The van der Waals surface area contributed by atoms with Gasteiger partial charge in [0.1, 0.15) is 5.60 Å². The molecule has 2 saturated carbocycles. The lowest BCUT2D eigenvalue weighted by Gasteiger charge is -2.45. The molecule has 0 aromatic rings. The Morgan fingerprint density at radius 2 is 1.96 bits per heavy atom. The van der Waals surface area contributed by atoms with Gasteiger partial charge in [0.05, 0.1) is 6.10 Å². The Bertz CT molecular complexity index is 489. The van der Waals surface area contributed by atoms with Crippen LogP contribution in [0.15, 0.2) is 0 Å². The molecule has 25 heavy (non-hydrogen) atoms. The highest BCUT2D eigenvalue weighted by atomic mass is 16.7. The third-order valence-corrected chi connectivity index (χ3v) is 6.52. The molecule has 6 atom stereocenters. The number of hydrogen-bond donors (Lipinski definition) is 1. The van der Waals surface area contributed by atoms with Crippen molar-refractivity contribution in [2.75, 3.05) is 6.61 Å². The molecule has 0 bridgehead atoms. The molecule has 0 aromatic heterocycles. The molecule has 2 aliphatic carbocycles. The Kier molecular flexibility index (Phi) is 6.99. The molecule has 2 rings (SSSR count). The summed E-state index contributed by atoms with van der Waals surface area (Å²) in [7, 11) is 0. The van der Waals surface area contributed by atoms with E-state index in [0.29, 0.717) is 29.8 Å². The van der Waals surface area contributed by atoms with E-state index in [1.54, 1.807) is 0 Å². The smallest absolute Gasteiger partial charge is 0.156 e. The largest absolute Gasteiger partial charge is 0.393 e. The summed E-state index contributed by atoms with van der Waals surface area (Å²) in [5, 5.41) is 10.4. The van der Waals surface area contributed by atoms with Crippen LogP contribution in [0.5, 0.6) is 0 Å². The second kappa shape index (κ2) is 8.42. The van der Waals surface area contributed by atoms with Crippen molar-refractivity contribution in [2.24, 2.45) is 23.2 Å². The fourth-order valence-corrected chi connectivity index (χ4v) is 5.40. The predicted octanol–water partition coefficient (Wildman–Crippen LogP) is 4.77. The molecule has 0 spiro atoms. The van der Waals surface area contributed by atoms with Crippen molar-refractivity contribution in [3.8, 4) is 11.8 Å². The summed E-state index contributed by atoms with van der Waals surface area (Å²) >= 11 is 0. The van der Waals surface area contributed by atoms with Crippen molar-refractivity contribution in [1.82, 2.24) is 0 Å². The maximum Gasteiger partial charge on any atom is 0.156 e. The average molecular weight is 351 g/mol. The number of hydrogen-bond acceptors (Lipinski definition) is 3. The van der Waals surface area contributed by atoms with Gasteiger partial charge in [0.25, 0.3) is 0 Å². The average Bonchev–Trinajstić information content (AvgIpc) is 2.85. The summed E-state index contributed by atoms with van der Waals surface area (Å²) in [5.41, 5.74) is -0.189. The summed E-state index contributed by atoms with van der Waals surface area (Å²) < 4.78 is 11.3. The standard InChI is InChI=1S/C22H38O3/c1-7-24-17(3)25-21(4,5)14-8-10-16(2)18-12-13-19-20(23)11-9-15-22(18,19)6/h16-20,23H,7,9-13,15H2,1-6H3/t16-,17?,18+,19+,20?,22+/m0/s1. The van der Waals surface area contributed by atoms with Crippen LogP contribution in [-0.4, -0.2) is 29.7 Å². The van der Waals surface area contributed by atoms with Gasteiger partial charge in [-0.2, -0.15) is 0 Å². The molecular formula is C22H38O3. The lowest BCUT2D eigenvalue weighted by atomic mass is 9.61. The Labute approximate surface area is 154 Å². The minimum Gasteiger partial charge on any atom is -0.393 e. The van der Waals surface area contributed by atoms with Gasteiger partial charge in [-0.25, -0.2) is 0 Å². The maximum atomic E-state index is 10.4. The molecule has 1 N–H and O–H groups in total. The first-order chi connectivity index (χ1) is 11.7. The first kappa shape index (κ1) is 20.7. The van der Waals surface area contributed by atoms with E-state index in [1.807, 2.05) is 27.7 Å². The van der Waals surface area contributed by atoms with E-state index in [9.17, 15) is 5.11 Å². The van der Waals surface area contributed by atoms with E-state index in [1.165, 1.54) is 25.7 Å². The van der Waals surface area contributed by atoms with Gasteiger partial charge in [-0.15, -0.1) is 0 Å². The van der Waals surface area contributed by atoms with E-state index in [2.05, 4.69) is 25.7 Å². The van der Waals surface area contributed by atoms with Crippen LogP contribution in [0.25, 0.3) is 0 Å². The summed E-state index contributed by atoms with van der Waals surface area (Å²) in [6.07, 6.45) is 6.42. The van der Waals surface area contributed by atoms with E-state index in [-0.39, 0.29) is 12.4 Å². The minimum atomic E-state index is -0.489. The molecule has 2 aliphatic rings. The number of fused-ring (bicyclic) bond motifs is 1. The summed E-state index contributed by atoms with van der Waals surface area (Å²) in [5.74, 6) is 8.41. The number of aliphatic hydroxyl groups is 1. The highest BCUT2D eigenvalue weighted by molar-refractivity contribution is 5.12. The summed E-state index contributed by atoms with van der Waals surface area (Å²) in [4.78, 5) is 0. The lowest BCUT2D eigenvalue weighted by molar-refractivity contribution is -0.169. The fraction of sp³-hybridized carbons (Fsp3) is 0.909. The Hall–Kier alpha value is -0.560. The normalized spacial score (nSPS) is 34.8. The van der Waals surface area contributed by atoms with Crippen LogP contribution in [-0.2, 0) is 9.47 Å².